The van der Waals surface area contributed by atoms with E-state index >= 15 is 0 Å². The van der Waals surface area contributed by atoms with Crippen molar-refractivity contribution >= 4 is 40.9 Å². The molecule has 3 N–H and O–H groups in total. The van der Waals surface area contributed by atoms with Gasteiger partial charge in [-0.1, -0.05) is 85.8 Å². The lowest BCUT2D eigenvalue weighted by Gasteiger charge is -2.29. The molecule has 1 aliphatic rings. The number of aryl methyl sites for hydroxylation is 1. The molecule has 3 aromatic rings. The van der Waals surface area contributed by atoms with Crippen molar-refractivity contribution in [3.05, 3.63) is 102 Å². The number of ketones is 2. The van der Waals surface area contributed by atoms with Crippen LogP contribution in [0.4, 0.5) is 5.69 Å². The highest BCUT2D eigenvalue weighted by atomic mass is 16.7. The first-order chi connectivity index (χ1) is 22.5. The van der Waals surface area contributed by atoms with Gasteiger partial charge in [0, 0.05) is 11.3 Å². The van der Waals surface area contributed by atoms with Gasteiger partial charge in [-0.3, -0.25) is 28.8 Å². The molecule has 0 aliphatic carbocycles. The van der Waals surface area contributed by atoms with Gasteiger partial charge in [-0.05, 0) is 37.5 Å². The van der Waals surface area contributed by atoms with Crippen molar-refractivity contribution in [3.63, 3.8) is 0 Å². The molecular formula is C35H39N3O9. The summed E-state index contributed by atoms with van der Waals surface area (Å²) >= 11 is 0. The Hall–Kier alpha value is -5.20. The van der Waals surface area contributed by atoms with E-state index in [-0.39, 0.29) is 37.4 Å². The monoisotopic (exact) mass is 645 g/mol. The highest BCUT2D eigenvalue weighted by Gasteiger charge is 2.38. The van der Waals surface area contributed by atoms with Crippen molar-refractivity contribution in [1.29, 1.82) is 0 Å². The van der Waals surface area contributed by atoms with Gasteiger partial charge in [0.15, 0.2) is 5.78 Å². The van der Waals surface area contributed by atoms with Crippen molar-refractivity contribution in [2.45, 2.75) is 58.6 Å². The summed E-state index contributed by atoms with van der Waals surface area (Å²) in [7, 11) is 0. The third kappa shape index (κ3) is 11.0. The summed E-state index contributed by atoms with van der Waals surface area (Å²) in [4.78, 5) is 75.3. The van der Waals surface area contributed by atoms with Gasteiger partial charge >= 0.3 is 5.97 Å². The molecule has 1 saturated heterocycles. The van der Waals surface area contributed by atoms with Crippen molar-refractivity contribution in [2.24, 2.45) is 0 Å². The van der Waals surface area contributed by atoms with Crippen LogP contribution in [0.1, 0.15) is 48.2 Å². The Morgan fingerprint density at radius 2 is 1.55 bits per heavy atom. The number of Topliss-reactive ketones (excluding diaryl/α,β-unsaturated/α-hetero) is 2. The second kappa shape index (κ2) is 18.1. The second-order valence-corrected chi connectivity index (χ2v) is 10.7. The fraction of sp³-hybridized carbons (Fsp3) is 0.314. The Morgan fingerprint density at radius 3 is 2.15 bits per heavy atom. The molecule has 0 saturated carbocycles. The average Bonchev–Trinajstić information content (AvgIpc) is 3.43. The summed E-state index contributed by atoms with van der Waals surface area (Å²) in [6.45, 7) is 4.27. The third-order valence-electron chi connectivity index (χ3n) is 7.02. The van der Waals surface area contributed by atoms with E-state index < -0.39 is 54.4 Å². The lowest BCUT2D eigenvalue weighted by atomic mass is 10.1. The maximum atomic E-state index is 13.8. The zero-order chi connectivity index (χ0) is 34.3. The molecule has 0 bridgehead atoms. The minimum Gasteiger partial charge on any atom is -0.433 e. The number of nitrogens with one attached hydrogen (secondary N) is 2. The highest BCUT2D eigenvalue weighted by molar-refractivity contribution is 6.43. The topological polar surface area (TPSA) is 168 Å². The molecule has 1 aliphatic heterocycles. The van der Waals surface area contributed by atoms with Gasteiger partial charge in [0.25, 0.3) is 5.91 Å². The quantitative estimate of drug-likeness (QED) is 0.144. The summed E-state index contributed by atoms with van der Waals surface area (Å²) in [6, 6.07) is 22.6. The number of rotatable bonds is 13. The first-order valence-corrected chi connectivity index (χ1v) is 15.1. The van der Waals surface area contributed by atoms with E-state index in [0.29, 0.717) is 5.69 Å². The molecule has 1 heterocycles. The van der Waals surface area contributed by atoms with Crippen LogP contribution in [0.15, 0.2) is 84.9 Å². The van der Waals surface area contributed by atoms with Crippen molar-refractivity contribution < 1.29 is 43.3 Å². The number of amides is 3. The Morgan fingerprint density at radius 1 is 0.957 bits per heavy atom. The molecule has 12 heteroatoms. The van der Waals surface area contributed by atoms with Crippen LogP contribution in [0.5, 0.6) is 0 Å². The van der Waals surface area contributed by atoms with E-state index in [9.17, 15) is 28.8 Å². The van der Waals surface area contributed by atoms with Crippen molar-refractivity contribution in [3.8, 4) is 0 Å². The van der Waals surface area contributed by atoms with Gasteiger partial charge in [-0.25, -0.2) is 0 Å². The minimum absolute atomic E-state index is 0.0846. The number of anilines is 1. The van der Waals surface area contributed by atoms with E-state index in [0.717, 1.165) is 11.1 Å². The Kier molecular flexibility index (Phi) is 13.9. The number of para-hydroxylation sites is 1. The summed E-state index contributed by atoms with van der Waals surface area (Å²) in [5, 5.41) is 13.1. The number of cyclic esters (lactones) is 1. The number of hydrogen-bond donors (Lipinski definition) is 3. The number of benzene rings is 3. The number of hydrogen-bond acceptors (Lipinski definition) is 9. The first-order valence-electron chi connectivity index (χ1n) is 15.1. The maximum Gasteiger partial charge on any atom is 0.310 e. The number of ether oxygens (including phenoxy) is 2. The predicted molar refractivity (Wildman–Crippen MR) is 172 cm³/mol. The zero-order valence-electron chi connectivity index (χ0n) is 26.5. The second-order valence-electron chi connectivity index (χ2n) is 10.7. The molecule has 4 rings (SSSR count). The molecule has 3 atom stereocenters. The fourth-order valence-corrected chi connectivity index (χ4v) is 4.57. The number of nitrogens with zero attached hydrogens (tertiary/aromatic N) is 1. The van der Waals surface area contributed by atoms with Crippen LogP contribution >= 0.6 is 0 Å². The minimum atomic E-state index is -1.07. The van der Waals surface area contributed by atoms with Crippen LogP contribution in [0.2, 0.25) is 0 Å². The largest absolute Gasteiger partial charge is 0.433 e. The molecule has 0 spiro atoms. The number of carbonyl (C=O) groups excluding carboxylic acids is 6. The van der Waals surface area contributed by atoms with E-state index in [1.54, 1.807) is 56.3 Å². The zero-order valence-corrected chi connectivity index (χ0v) is 26.5. The molecular weight excluding hydrogens is 606 g/mol. The summed E-state index contributed by atoms with van der Waals surface area (Å²) in [6.07, 6.45) is -0.897. The van der Waals surface area contributed by atoms with Crippen LogP contribution in [-0.4, -0.2) is 71.9 Å². The number of aliphatic hydroxyl groups is 1. The van der Waals surface area contributed by atoms with E-state index in [1.807, 2.05) is 30.3 Å². The van der Waals surface area contributed by atoms with Crippen LogP contribution in [0, 0.1) is 6.92 Å². The van der Waals surface area contributed by atoms with Gasteiger partial charge in [0.05, 0.1) is 13.0 Å². The number of esters is 1. The molecule has 248 valence electrons. The number of carbonyl (C=O) groups is 6. The van der Waals surface area contributed by atoms with Crippen molar-refractivity contribution in [2.75, 3.05) is 18.1 Å². The average molecular weight is 646 g/mol. The summed E-state index contributed by atoms with van der Waals surface area (Å²) in [5.41, 5.74) is 2.27. The molecule has 3 amide bonds. The Balaban J connectivity index is 0.00000111. The van der Waals surface area contributed by atoms with E-state index in [1.165, 1.54) is 24.0 Å². The van der Waals surface area contributed by atoms with Gasteiger partial charge in [0.2, 0.25) is 23.9 Å². The lowest BCUT2D eigenvalue weighted by Crippen LogP contribution is -2.53. The van der Waals surface area contributed by atoms with Gasteiger partial charge in [-0.15, -0.1) is 0 Å². The Labute approximate surface area is 273 Å². The predicted octanol–water partition coefficient (Wildman–Crippen LogP) is 2.65. The third-order valence-corrected chi connectivity index (χ3v) is 7.02. The molecule has 3 unspecified atom stereocenters. The lowest BCUT2D eigenvalue weighted by molar-refractivity contribution is -0.168. The first kappa shape index (κ1) is 36.3. The van der Waals surface area contributed by atoms with E-state index in [2.05, 4.69) is 10.6 Å². The molecule has 12 nitrogen and oxygen atoms in total. The van der Waals surface area contributed by atoms with Crippen LogP contribution < -0.4 is 15.5 Å². The van der Waals surface area contributed by atoms with Gasteiger partial charge < -0.3 is 30.1 Å². The van der Waals surface area contributed by atoms with Crippen LogP contribution in [0.25, 0.3) is 0 Å². The fourth-order valence-electron chi connectivity index (χ4n) is 4.57. The van der Waals surface area contributed by atoms with Crippen LogP contribution in [0.3, 0.4) is 0 Å². The summed E-state index contributed by atoms with van der Waals surface area (Å²) < 4.78 is 11.0. The summed E-state index contributed by atoms with van der Waals surface area (Å²) in [5.74, 6) is -3.51. The standard InChI is InChI=1S/C32H33N3O7.C3H6O2/c1-3-24(34-30(39)29(38)23-15-8-5-9-16-23)31(40)35(26-17-11-10-12-21(26)2)19-27(36)33-25-18-28(37)42-32(25)41-20-22-13-6-4-7-14-22;1-3(5)2-4/h4-17,24-25,32H,3,18-20H2,1-2H3,(H,33,36)(H,34,39);4H,2H2,1H3. The van der Waals surface area contributed by atoms with Crippen LogP contribution in [-0.2, 0) is 40.1 Å². The Bertz CT molecular complexity index is 1550. The molecule has 47 heavy (non-hydrogen) atoms. The van der Waals surface area contributed by atoms with Crippen molar-refractivity contribution in [1.82, 2.24) is 10.6 Å². The van der Waals surface area contributed by atoms with Gasteiger partial charge in [0.1, 0.15) is 25.2 Å². The molecule has 3 aromatic carbocycles. The SMILES string of the molecule is CC(=O)CO.CCC(NC(=O)C(=O)c1ccccc1)C(=O)N(CC(=O)NC1CC(=O)OC1OCc1ccccc1)c1ccccc1C. The number of aliphatic hydroxyl groups excluding tert-OH is 1. The normalized spacial score (nSPS) is 15.7. The maximum absolute atomic E-state index is 13.8. The molecule has 0 radical (unpaired) electrons. The highest BCUT2D eigenvalue weighted by Crippen LogP contribution is 2.22. The molecule has 0 aromatic heterocycles. The van der Waals surface area contributed by atoms with E-state index in [4.69, 9.17) is 14.6 Å². The smallest absolute Gasteiger partial charge is 0.310 e. The molecule has 1 fully saturated rings. The van der Waals surface area contributed by atoms with Gasteiger partial charge in [-0.2, -0.15) is 0 Å².